The molecule has 2 heterocycles. The third-order valence-electron chi connectivity index (χ3n) is 1.64. The zero-order valence-electron chi connectivity index (χ0n) is 6.49. The van der Waals surface area contributed by atoms with Crippen molar-refractivity contribution in [3.63, 3.8) is 0 Å². The quantitative estimate of drug-likeness (QED) is 0.760. The maximum Gasteiger partial charge on any atom is 0.195 e. The molecule has 0 atom stereocenters. The van der Waals surface area contributed by atoms with Crippen molar-refractivity contribution in [2.75, 3.05) is 0 Å². The molecule has 0 N–H and O–H groups in total. The standard InChI is InChI=1S/C9H5BrOS2/c10-8-5-13-4-7(8)9(11)6-1-2-12-3-6/h1-5H. The van der Waals surface area contributed by atoms with Crippen molar-refractivity contribution >= 4 is 44.4 Å². The van der Waals surface area contributed by atoms with Crippen LogP contribution in [0.15, 0.2) is 32.1 Å². The summed E-state index contributed by atoms with van der Waals surface area (Å²) in [5, 5.41) is 7.56. The second kappa shape index (κ2) is 3.74. The average molecular weight is 273 g/mol. The van der Waals surface area contributed by atoms with Gasteiger partial charge in [-0.25, -0.2) is 0 Å². The predicted octanol–water partition coefficient (Wildman–Crippen LogP) is 3.80. The molecule has 13 heavy (non-hydrogen) atoms. The van der Waals surface area contributed by atoms with E-state index in [1.54, 1.807) is 0 Å². The van der Waals surface area contributed by atoms with Gasteiger partial charge in [0.1, 0.15) is 0 Å². The van der Waals surface area contributed by atoms with E-state index >= 15 is 0 Å². The van der Waals surface area contributed by atoms with Crippen LogP contribution in [0.3, 0.4) is 0 Å². The van der Waals surface area contributed by atoms with Crippen LogP contribution < -0.4 is 0 Å². The normalized spacial score (nSPS) is 10.2. The van der Waals surface area contributed by atoms with E-state index in [4.69, 9.17) is 0 Å². The lowest BCUT2D eigenvalue weighted by atomic mass is 10.1. The van der Waals surface area contributed by atoms with E-state index < -0.39 is 0 Å². The van der Waals surface area contributed by atoms with E-state index in [0.717, 1.165) is 15.6 Å². The fourth-order valence-corrected chi connectivity index (χ4v) is 3.08. The van der Waals surface area contributed by atoms with Crippen molar-refractivity contribution in [2.45, 2.75) is 0 Å². The van der Waals surface area contributed by atoms with E-state index in [-0.39, 0.29) is 5.78 Å². The number of halogens is 1. The van der Waals surface area contributed by atoms with Crippen LogP contribution in [0.1, 0.15) is 15.9 Å². The van der Waals surface area contributed by atoms with Crippen LogP contribution >= 0.6 is 38.6 Å². The summed E-state index contributed by atoms with van der Waals surface area (Å²) in [6.45, 7) is 0. The lowest BCUT2D eigenvalue weighted by Gasteiger charge is -1.94. The SMILES string of the molecule is O=C(c1ccsc1)c1cscc1Br. The summed E-state index contributed by atoms with van der Waals surface area (Å²) in [6, 6.07) is 1.84. The van der Waals surface area contributed by atoms with Crippen LogP contribution in [-0.4, -0.2) is 5.78 Å². The highest BCUT2D eigenvalue weighted by Gasteiger charge is 2.12. The number of hydrogen-bond donors (Lipinski definition) is 0. The van der Waals surface area contributed by atoms with Crippen molar-refractivity contribution in [3.05, 3.63) is 43.2 Å². The fourth-order valence-electron chi connectivity index (χ4n) is 0.993. The number of rotatable bonds is 2. The van der Waals surface area contributed by atoms with Gasteiger partial charge in [-0.05, 0) is 27.4 Å². The van der Waals surface area contributed by atoms with Crippen LogP contribution in [0, 0.1) is 0 Å². The second-order valence-corrected chi connectivity index (χ2v) is 4.85. The average Bonchev–Trinajstić information content (AvgIpc) is 2.72. The Labute approximate surface area is 92.2 Å². The summed E-state index contributed by atoms with van der Waals surface area (Å²) in [5.74, 6) is 0.0920. The van der Waals surface area contributed by atoms with Crippen LogP contribution in [-0.2, 0) is 0 Å². The lowest BCUT2D eigenvalue weighted by Crippen LogP contribution is -1.97. The fraction of sp³-hybridized carbons (Fsp3) is 0. The highest BCUT2D eigenvalue weighted by Crippen LogP contribution is 2.24. The Morgan fingerprint density at radius 2 is 2.08 bits per heavy atom. The summed E-state index contributed by atoms with van der Waals surface area (Å²) in [7, 11) is 0. The molecule has 1 nitrogen and oxygen atoms in total. The van der Waals surface area contributed by atoms with Crippen molar-refractivity contribution in [1.29, 1.82) is 0 Å². The van der Waals surface area contributed by atoms with Gasteiger partial charge in [-0.15, -0.1) is 0 Å². The topological polar surface area (TPSA) is 17.1 Å². The minimum absolute atomic E-state index is 0.0920. The maximum atomic E-state index is 11.8. The van der Waals surface area contributed by atoms with Gasteiger partial charge in [0, 0.05) is 31.7 Å². The zero-order chi connectivity index (χ0) is 9.26. The number of carbonyl (C=O) groups is 1. The molecule has 0 aliphatic carbocycles. The highest BCUT2D eigenvalue weighted by atomic mass is 79.9. The smallest absolute Gasteiger partial charge is 0.195 e. The van der Waals surface area contributed by atoms with Crippen LogP contribution in [0.25, 0.3) is 0 Å². The van der Waals surface area contributed by atoms with Gasteiger partial charge in [-0.1, -0.05) is 0 Å². The number of hydrogen-bond acceptors (Lipinski definition) is 3. The minimum Gasteiger partial charge on any atom is -0.289 e. The highest BCUT2D eigenvalue weighted by molar-refractivity contribution is 9.10. The molecule has 0 saturated carbocycles. The summed E-state index contributed by atoms with van der Waals surface area (Å²) in [4.78, 5) is 11.8. The Hall–Kier alpha value is -0.450. The summed E-state index contributed by atoms with van der Waals surface area (Å²) >= 11 is 6.41. The largest absolute Gasteiger partial charge is 0.289 e. The van der Waals surface area contributed by atoms with Crippen LogP contribution in [0.4, 0.5) is 0 Å². The molecule has 0 amide bonds. The molecule has 0 aliphatic rings. The Balaban J connectivity index is 2.39. The molecular formula is C9H5BrOS2. The first-order valence-corrected chi connectivity index (χ1v) is 6.25. The van der Waals surface area contributed by atoms with Gasteiger partial charge in [-0.3, -0.25) is 4.79 Å². The van der Waals surface area contributed by atoms with Crippen molar-refractivity contribution in [2.24, 2.45) is 0 Å². The van der Waals surface area contributed by atoms with E-state index in [0.29, 0.717) is 0 Å². The molecule has 0 fully saturated rings. The molecule has 2 rings (SSSR count). The van der Waals surface area contributed by atoms with Crippen LogP contribution in [0.5, 0.6) is 0 Å². The molecule has 2 aromatic rings. The van der Waals surface area contributed by atoms with Gasteiger partial charge in [0.15, 0.2) is 5.78 Å². The summed E-state index contributed by atoms with van der Waals surface area (Å²) in [6.07, 6.45) is 0. The molecule has 0 saturated heterocycles. The molecule has 0 spiro atoms. The molecule has 2 aromatic heterocycles. The Morgan fingerprint density at radius 1 is 1.23 bits per heavy atom. The maximum absolute atomic E-state index is 11.8. The summed E-state index contributed by atoms with van der Waals surface area (Å²) in [5.41, 5.74) is 1.52. The molecule has 0 aliphatic heterocycles. The molecular weight excluding hydrogens is 268 g/mol. The van der Waals surface area contributed by atoms with E-state index in [1.165, 1.54) is 22.7 Å². The molecule has 0 bridgehead atoms. The van der Waals surface area contributed by atoms with Crippen molar-refractivity contribution in [3.8, 4) is 0 Å². The van der Waals surface area contributed by atoms with Gasteiger partial charge in [0.05, 0.1) is 0 Å². The lowest BCUT2D eigenvalue weighted by molar-refractivity contribution is 0.103. The first-order chi connectivity index (χ1) is 6.29. The number of ketones is 1. The first-order valence-electron chi connectivity index (χ1n) is 3.57. The number of carbonyl (C=O) groups excluding carboxylic acids is 1. The third kappa shape index (κ3) is 1.75. The Bertz CT molecular complexity index is 417. The van der Waals surface area contributed by atoms with Gasteiger partial charge >= 0.3 is 0 Å². The van der Waals surface area contributed by atoms with Crippen molar-refractivity contribution < 1.29 is 4.79 Å². The van der Waals surface area contributed by atoms with Gasteiger partial charge < -0.3 is 0 Å². The van der Waals surface area contributed by atoms with E-state index in [1.807, 2.05) is 27.6 Å². The number of thiophene rings is 2. The van der Waals surface area contributed by atoms with Gasteiger partial charge in [0.2, 0.25) is 0 Å². The zero-order valence-corrected chi connectivity index (χ0v) is 9.71. The minimum atomic E-state index is 0.0920. The second-order valence-electron chi connectivity index (χ2n) is 2.47. The molecule has 66 valence electrons. The van der Waals surface area contributed by atoms with E-state index in [2.05, 4.69) is 15.9 Å². The summed E-state index contributed by atoms with van der Waals surface area (Å²) < 4.78 is 0.883. The Kier molecular flexibility index (Phi) is 2.62. The molecule has 0 radical (unpaired) electrons. The van der Waals surface area contributed by atoms with E-state index in [9.17, 15) is 4.79 Å². The Morgan fingerprint density at radius 3 is 2.62 bits per heavy atom. The molecule has 0 aromatic carbocycles. The predicted molar refractivity (Wildman–Crippen MR) is 59.8 cm³/mol. The monoisotopic (exact) mass is 272 g/mol. The third-order valence-corrected chi connectivity index (χ3v) is 4.03. The van der Waals surface area contributed by atoms with Gasteiger partial charge in [-0.2, -0.15) is 22.7 Å². The molecule has 4 heteroatoms. The van der Waals surface area contributed by atoms with Crippen LogP contribution in [0.2, 0.25) is 0 Å². The first kappa shape index (κ1) is 9.12. The molecule has 0 unspecified atom stereocenters. The van der Waals surface area contributed by atoms with Gasteiger partial charge in [0.25, 0.3) is 0 Å². The van der Waals surface area contributed by atoms with Crippen molar-refractivity contribution in [1.82, 2.24) is 0 Å².